The lowest BCUT2D eigenvalue weighted by atomic mass is 10.2. The van der Waals surface area contributed by atoms with E-state index in [0.29, 0.717) is 0 Å². The predicted molar refractivity (Wildman–Crippen MR) is 89.1 cm³/mol. The lowest BCUT2D eigenvalue weighted by Crippen LogP contribution is -2.40. The molecule has 2 heterocycles. The molecule has 1 aromatic heterocycles. The SMILES string of the molecule is O=C(Nn1c2ccccc2c2ccccc21)C1CCS(=O)(=O)N1. The summed E-state index contributed by atoms with van der Waals surface area (Å²) < 4.78 is 27.1. The summed E-state index contributed by atoms with van der Waals surface area (Å²) in [6.45, 7) is 0. The summed E-state index contributed by atoms with van der Waals surface area (Å²) in [5.41, 5.74) is 4.59. The second-order valence-electron chi connectivity index (χ2n) is 5.62. The quantitative estimate of drug-likeness (QED) is 0.749. The average molecular weight is 329 g/mol. The van der Waals surface area contributed by atoms with Crippen molar-refractivity contribution in [2.75, 3.05) is 11.2 Å². The van der Waals surface area contributed by atoms with Crippen LogP contribution in [0, 0.1) is 0 Å². The van der Waals surface area contributed by atoms with Crippen LogP contribution in [0.15, 0.2) is 48.5 Å². The van der Waals surface area contributed by atoms with Gasteiger partial charge in [0.1, 0.15) is 6.04 Å². The average Bonchev–Trinajstić information content (AvgIpc) is 3.07. The molecular formula is C16H15N3O3S. The molecule has 118 valence electrons. The topological polar surface area (TPSA) is 80.2 Å². The van der Waals surface area contributed by atoms with Crippen LogP contribution in [0.3, 0.4) is 0 Å². The van der Waals surface area contributed by atoms with E-state index in [1.165, 1.54) is 0 Å². The van der Waals surface area contributed by atoms with Crippen molar-refractivity contribution < 1.29 is 13.2 Å². The number of fused-ring (bicyclic) bond motifs is 3. The van der Waals surface area contributed by atoms with Gasteiger partial charge in [0.15, 0.2) is 0 Å². The van der Waals surface area contributed by atoms with E-state index in [4.69, 9.17) is 0 Å². The number of sulfonamides is 1. The molecule has 0 spiro atoms. The first-order valence-electron chi connectivity index (χ1n) is 7.34. The fraction of sp³-hybridized carbons (Fsp3) is 0.188. The fourth-order valence-electron chi connectivity index (χ4n) is 3.02. The summed E-state index contributed by atoms with van der Waals surface area (Å²) >= 11 is 0. The molecule has 1 unspecified atom stereocenters. The monoisotopic (exact) mass is 329 g/mol. The van der Waals surface area contributed by atoms with Crippen LogP contribution >= 0.6 is 0 Å². The van der Waals surface area contributed by atoms with Gasteiger partial charge in [0, 0.05) is 10.8 Å². The number of carbonyl (C=O) groups excluding carboxylic acids is 1. The lowest BCUT2D eigenvalue weighted by molar-refractivity contribution is -0.118. The van der Waals surface area contributed by atoms with Crippen molar-refractivity contribution in [3.8, 4) is 0 Å². The van der Waals surface area contributed by atoms with Gasteiger partial charge in [-0.2, -0.15) is 0 Å². The van der Waals surface area contributed by atoms with Crippen molar-refractivity contribution in [2.45, 2.75) is 12.5 Å². The molecular weight excluding hydrogens is 314 g/mol. The number of hydrogen-bond acceptors (Lipinski definition) is 3. The molecule has 0 aliphatic carbocycles. The number of para-hydroxylation sites is 2. The molecule has 0 saturated carbocycles. The standard InChI is InChI=1S/C16H15N3O3S/c20-16(13-9-10-23(21,22)18-13)17-19-14-7-3-1-5-11(14)12-6-2-4-8-15(12)19/h1-8,13,18H,9-10H2,(H,17,20). The fourth-order valence-corrected chi connectivity index (χ4v) is 4.35. The Morgan fingerprint density at radius 2 is 1.61 bits per heavy atom. The maximum absolute atomic E-state index is 12.4. The van der Waals surface area contributed by atoms with Gasteiger partial charge >= 0.3 is 0 Å². The van der Waals surface area contributed by atoms with Crippen LogP contribution in [-0.2, 0) is 14.8 Å². The highest BCUT2D eigenvalue weighted by Gasteiger charge is 2.32. The van der Waals surface area contributed by atoms with Crippen LogP contribution in [0.25, 0.3) is 21.8 Å². The molecule has 0 bridgehead atoms. The van der Waals surface area contributed by atoms with Crippen LogP contribution < -0.4 is 10.1 Å². The predicted octanol–water partition coefficient (Wildman–Crippen LogP) is 1.56. The number of benzene rings is 2. The number of carbonyl (C=O) groups is 1. The molecule has 23 heavy (non-hydrogen) atoms. The number of hydrogen-bond donors (Lipinski definition) is 2. The van der Waals surface area contributed by atoms with Gasteiger partial charge in [0.2, 0.25) is 10.0 Å². The zero-order valence-electron chi connectivity index (χ0n) is 12.2. The zero-order valence-corrected chi connectivity index (χ0v) is 13.0. The van der Waals surface area contributed by atoms with Crippen molar-refractivity contribution >= 4 is 37.7 Å². The van der Waals surface area contributed by atoms with E-state index in [-0.39, 0.29) is 18.1 Å². The summed E-state index contributed by atoms with van der Waals surface area (Å²) in [5.74, 6) is -0.365. The third-order valence-corrected chi connectivity index (χ3v) is 5.53. The Kier molecular flexibility index (Phi) is 3.14. The van der Waals surface area contributed by atoms with Crippen molar-refractivity contribution in [3.63, 3.8) is 0 Å². The third-order valence-electron chi connectivity index (χ3n) is 4.12. The Morgan fingerprint density at radius 1 is 1.04 bits per heavy atom. The summed E-state index contributed by atoms with van der Waals surface area (Å²) in [7, 11) is -3.32. The lowest BCUT2D eigenvalue weighted by Gasteiger charge is -2.13. The Morgan fingerprint density at radius 3 is 2.13 bits per heavy atom. The second kappa shape index (κ2) is 5.07. The second-order valence-corrected chi connectivity index (χ2v) is 7.50. The summed E-state index contributed by atoms with van der Waals surface area (Å²) in [5, 5.41) is 2.07. The van der Waals surface area contributed by atoms with E-state index in [1.807, 2.05) is 48.5 Å². The molecule has 7 heteroatoms. The van der Waals surface area contributed by atoms with Gasteiger partial charge < -0.3 is 0 Å². The van der Waals surface area contributed by atoms with Gasteiger partial charge in [-0.15, -0.1) is 0 Å². The Hall–Kier alpha value is -2.38. The number of nitrogens with one attached hydrogen (secondary N) is 2. The maximum atomic E-state index is 12.4. The molecule has 4 rings (SSSR count). The minimum absolute atomic E-state index is 0.0156. The van der Waals surface area contributed by atoms with E-state index in [1.54, 1.807) is 4.68 Å². The van der Waals surface area contributed by atoms with E-state index in [0.717, 1.165) is 21.8 Å². The minimum Gasteiger partial charge on any atom is -0.271 e. The number of rotatable bonds is 2. The Balaban J connectivity index is 1.77. The van der Waals surface area contributed by atoms with Crippen LogP contribution in [0.1, 0.15) is 6.42 Å². The zero-order chi connectivity index (χ0) is 16.0. The molecule has 1 atom stereocenters. The van der Waals surface area contributed by atoms with Gasteiger partial charge in [-0.05, 0) is 18.6 Å². The van der Waals surface area contributed by atoms with Gasteiger partial charge in [-0.1, -0.05) is 36.4 Å². The molecule has 3 aromatic rings. The van der Waals surface area contributed by atoms with Crippen molar-refractivity contribution in [1.29, 1.82) is 0 Å². The number of amides is 1. The van der Waals surface area contributed by atoms with Crippen molar-refractivity contribution in [3.05, 3.63) is 48.5 Å². The Labute approximate surface area is 133 Å². The highest BCUT2D eigenvalue weighted by atomic mass is 32.2. The first kappa shape index (κ1) is 14.2. The van der Waals surface area contributed by atoms with Gasteiger partial charge in [0.05, 0.1) is 16.8 Å². The minimum atomic E-state index is -3.32. The molecule has 2 aromatic carbocycles. The summed E-state index contributed by atoms with van der Waals surface area (Å²) in [4.78, 5) is 12.4. The van der Waals surface area contributed by atoms with Gasteiger partial charge in [0.25, 0.3) is 5.91 Å². The molecule has 1 aliphatic rings. The molecule has 2 N–H and O–H groups in total. The van der Waals surface area contributed by atoms with E-state index in [9.17, 15) is 13.2 Å². The van der Waals surface area contributed by atoms with Gasteiger partial charge in [-0.25, -0.2) is 13.1 Å². The van der Waals surface area contributed by atoms with Crippen molar-refractivity contribution in [2.24, 2.45) is 0 Å². The third kappa shape index (κ3) is 2.38. The number of nitrogens with zero attached hydrogens (tertiary/aromatic N) is 1. The first-order chi connectivity index (χ1) is 11.1. The molecule has 1 amide bonds. The normalized spacial score (nSPS) is 20.1. The maximum Gasteiger partial charge on any atom is 0.257 e. The highest BCUT2D eigenvalue weighted by Crippen LogP contribution is 2.27. The van der Waals surface area contributed by atoms with Crippen molar-refractivity contribution in [1.82, 2.24) is 9.40 Å². The molecule has 1 saturated heterocycles. The van der Waals surface area contributed by atoms with Gasteiger partial charge in [-0.3, -0.25) is 14.9 Å². The number of aromatic nitrogens is 1. The molecule has 6 nitrogen and oxygen atoms in total. The van der Waals surface area contributed by atoms with E-state index < -0.39 is 16.1 Å². The molecule has 1 aliphatic heterocycles. The van der Waals surface area contributed by atoms with Crippen LogP contribution in [0.5, 0.6) is 0 Å². The van der Waals surface area contributed by atoms with E-state index in [2.05, 4.69) is 10.1 Å². The van der Waals surface area contributed by atoms with E-state index >= 15 is 0 Å². The summed E-state index contributed by atoms with van der Waals surface area (Å²) in [6.07, 6.45) is 0.283. The highest BCUT2D eigenvalue weighted by molar-refractivity contribution is 7.89. The first-order valence-corrected chi connectivity index (χ1v) is 8.99. The van der Waals surface area contributed by atoms with Crippen LogP contribution in [-0.4, -0.2) is 30.8 Å². The molecule has 1 fully saturated rings. The Bertz CT molecular complexity index is 970. The largest absolute Gasteiger partial charge is 0.271 e. The smallest absolute Gasteiger partial charge is 0.257 e. The van der Waals surface area contributed by atoms with Crippen LogP contribution in [0.4, 0.5) is 0 Å². The van der Waals surface area contributed by atoms with Crippen LogP contribution in [0.2, 0.25) is 0 Å². The summed E-state index contributed by atoms with van der Waals surface area (Å²) in [6, 6.07) is 14.8. The molecule has 0 radical (unpaired) electrons.